The lowest BCUT2D eigenvalue weighted by Gasteiger charge is -2.25. The van der Waals surface area contributed by atoms with Crippen LogP contribution in [0.2, 0.25) is 0 Å². The molecule has 1 N–H and O–H groups in total. The predicted molar refractivity (Wildman–Crippen MR) is 105 cm³/mol. The molecule has 27 heavy (non-hydrogen) atoms. The molecular weight excluding hydrogens is 338 g/mol. The number of hydrogen-bond acceptors (Lipinski definition) is 3. The van der Waals surface area contributed by atoms with Crippen molar-refractivity contribution in [2.45, 2.75) is 25.8 Å². The van der Waals surface area contributed by atoms with Gasteiger partial charge in [0, 0.05) is 43.4 Å². The summed E-state index contributed by atoms with van der Waals surface area (Å²) in [5.41, 5.74) is 3.82. The Balaban J connectivity index is 1.55. The lowest BCUT2D eigenvalue weighted by atomic mass is 10.0. The fourth-order valence-corrected chi connectivity index (χ4v) is 3.67. The number of carbonyl (C=O) groups excluding carboxylic acids is 1. The van der Waals surface area contributed by atoms with E-state index in [2.05, 4.69) is 15.3 Å². The van der Waals surface area contributed by atoms with Gasteiger partial charge in [0.2, 0.25) is 0 Å². The van der Waals surface area contributed by atoms with Crippen molar-refractivity contribution >= 4 is 11.7 Å². The van der Waals surface area contributed by atoms with Crippen LogP contribution in [0.3, 0.4) is 0 Å². The quantitative estimate of drug-likeness (QED) is 0.762. The number of likely N-dealkylation sites (tertiary alicyclic amines) is 1. The van der Waals surface area contributed by atoms with Crippen LogP contribution in [-0.2, 0) is 7.05 Å². The highest BCUT2D eigenvalue weighted by Crippen LogP contribution is 2.32. The smallest absolute Gasteiger partial charge is 0.322 e. The normalized spacial score (nSPS) is 16.5. The molecule has 0 radical (unpaired) electrons. The van der Waals surface area contributed by atoms with Crippen LogP contribution in [-0.4, -0.2) is 32.0 Å². The minimum atomic E-state index is -0.0867. The molecule has 0 spiro atoms. The van der Waals surface area contributed by atoms with Crippen molar-refractivity contribution in [1.29, 1.82) is 0 Å². The molecule has 0 bridgehead atoms. The Labute approximate surface area is 158 Å². The summed E-state index contributed by atoms with van der Waals surface area (Å²) >= 11 is 0. The Morgan fingerprint density at radius 1 is 1.19 bits per heavy atom. The first-order valence-electron chi connectivity index (χ1n) is 9.20. The summed E-state index contributed by atoms with van der Waals surface area (Å²) in [5.74, 6) is 0.931. The molecule has 6 nitrogen and oxygen atoms in total. The second-order valence-corrected chi connectivity index (χ2v) is 6.92. The average Bonchev–Trinajstić information content (AvgIpc) is 3.32. The SMILES string of the molecule is Cc1ccc(NC(=O)N2CCCC2c2nccn2C)cc1-c1ccccn1. The monoisotopic (exact) mass is 361 g/mol. The van der Waals surface area contributed by atoms with E-state index in [0.29, 0.717) is 0 Å². The maximum absolute atomic E-state index is 12.9. The van der Waals surface area contributed by atoms with E-state index in [0.717, 1.165) is 47.7 Å². The maximum atomic E-state index is 12.9. The number of rotatable bonds is 3. The lowest BCUT2D eigenvalue weighted by molar-refractivity contribution is 0.204. The summed E-state index contributed by atoms with van der Waals surface area (Å²) in [6, 6.07) is 11.7. The summed E-state index contributed by atoms with van der Waals surface area (Å²) in [6.45, 7) is 2.79. The van der Waals surface area contributed by atoms with Crippen molar-refractivity contribution < 1.29 is 4.79 Å². The van der Waals surface area contributed by atoms with Crippen molar-refractivity contribution in [1.82, 2.24) is 19.4 Å². The van der Waals surface area contributed by atoms with Crippen LogP contribution in [0.4, 0.5) is 10.5 Å². The van der Waals surface area contributed by atoms with E-state index in [1.165, 1.54) is 0 Å². The number of nitrogens with one attached hydrogen (secondary N) is 1. The van der Waals surface area contributed by atoms with Crippen LogP contribution >= 0.6 is 0 Å². The van der Waals surface area contributed by atoms with Gasteiger partial charge in [-0.05, 0) is 49.6 Å². The summed E-state index contributed by atoms with van der Waals surface area (Å²) < 4.78 is 1.99. The molecule has 0 aliphatic carbocycles. The van der Waals surface area contributed by atoms with Gasteiger partial charge in [0.25, 0.3) is 0 Å². The van der Waals surface area contributed by atoms with Gasteiger partial charge in [-0.1, -0.05) is 12.1 Å². The third-order valence-corrected chi connectivity index (χ3v) is 5.10. The fourth-order valence-electron chi connectivity index (χ4n) is 3.67. The molecule has 3 aromatic rings. The highest BCUT2D eigenvalue weighted by Gasteiger charge is 2.32. The number of amides is 2. The van der Waals surface area contributed by atoms with Gasteiger partial charge in [-0.3, -0.25) is 4.98 Å². The number of pyridine rings is 1. The Bertz CT molecular complexity index is 950. The van der Waals surface area contributed by atoms with Gasteiger partial charge in [0.1, 0.15) is 5.82 Å². The molecule has 2 aromatic heterocycles. The van der Waals surface area contributed by atoms with Crippen LogP contribution in [0.5, 0.6) is 0 Å². The van der Waals surface area contributed by atoms with Crippen LogP contribution in [0, 0.1) is 6.92 Å². The molecule has 1 fully saturated rings. The number of urea groups is 1. The van der Waals surface area contributed by atoms with E-state index in [1.54, 1.807) is 12.4 Å². The van der Waals surface area contributed by atoms with Crippen LogP contribution in [0.1, 0.15) is 30.3 Å². The summed E-state index contributed by atoms with van der Waals surface area (Å²) in [7, 11) is 1.97. The first kappa shape index (κ1) is 17.3. The maximum Gasteiger partial charge on any atom is 0.322 e. The van der Waals surface area contributed by atoms with E-state index >= 15 is 0 Å². The van der Waals surface area contributed by atoms with Gasteiger partial charge in [-0.25, -0.2) is 9.78 Å². The van der Waals surface area contributed by atoms with Crippen molar-refractivity contribution in [3.63, 3.8) is 0 Å². The molecule has 1 aliphatic heterocycles. The van der Waals surface area contributed by atoms with Crippen molar-refractivity contribution in [2.24, 2.45) is 7.05 Å². The zero-order valence-corrected chi connectivity index (χ0v) is 15.6. The zero-order valence-electron chi connectivity index (χ0n) is 15.6. The Kier molecular flexibility index (Phi) is 4.62. The molecule has 6 heteroatoms. The number of aryl methyl sites for hydroxylation is 2. The highest BCUT2D eigenvalue weighted by atomic mass is 16.2. The van der Waals surface area contributed by atoms with Crippen molar-refractivity contribution in [3.8, 4) is 11.3 Å². The average molecular weight is 361 g/mol. The lowest BCUT2D eigenvalue weighted by Crippen LogP contribution is -2.35. The molecule has 4 rings (SSSR count). The number of nitrogens with zero attached hydrogens (tertiary/aromatic N) is 4. The van der Waals surface area contributed by atoms with Gasteiger partial charge in [-0.15, -0.1) is 0 Å². The summed E-state index contributed by atoms with van der Waals surface area (Å²) in [5, 5.41) is 3.05. The fraction of sp³-hybridized carbons (Fsp3) is 0.286. The molecule has 1 aliphatic rings. The molecule has 1 atom stereocenters. The number of aromatic nitrogens is 3. The van der Waals surface area contributed by atoms with Gasteiger partial charge in [0.15, 0.2) is 0 Å². The van der Waals surface area contributed by atoms with Crippen molar-refractivity contribution in [3.05, 3.63) is 66.4 Å². The van der Waals surface area contributed by atoms with E-state index < -0.39 is 0 Å². The first-order chi connectivity index (χ1) is 13.1. The molecule has 1 aromatic carbocycles. The Morgan fingerprint density at radius 3 is 2.81 bits per heavy atom. The molecule has 138 valence electrons. The first-order valence-corrected chi connectivity index (χ1v) is 9.20. The second kappa shape index (κ2) is 7.23. The number of anilines is 1. The van der Waals surface area contributed by atoms with Gasteiger partial charge in [-0.2, -0.15) is 0 Å². The standard InChI is InChI=1S/C21H23N5O/c1-15-8-9-16(14-17(15)18-6-3-4-10-22-18)24-21(27)26-12-5-7-19(26)20-23-11-13-25(20)2/h3-4,6,8-11,13-14,19H,5,7,12H2,1-2H3,(H,24,27). The van der Waals surface area contributed by atoms with Crippen LogP contribution < -0.4 is 5.32 Å². The molecule has 2 amide bonds. The molecule has 1 saturated heterocycles. The molecule has 3 heterocycles. The van der Waals surface area contributed by atoms with Crippen LogP contribution in [0.25, 0.3) is 11.3 Å². The minimum Gasteiger partial charge on any atom is -0.336 e. The number of carbonyl (C=O) groups is 1. The number of imidazole rings is 1. The highest BCUT2D eigenvalue weighted by molar-refractivity contribution is 5.90. The number of hydrogen-bond donors (Lipinski definition) is 1. The third-order valence-electron chi connectivity index (χ3n) is 5.10. The van der Waals surface area contributed by atoms with Crippen molar-refractivity contribution in [2.75, 3.05) is 11.9 Å². The summed E-state index contributed by atoms with van der Waals surface area (Å²) in [6.07, 6.45) is 7.40. The topological polar surface area (TPSA) is 63.1 Å². The zero-order chi connectivity index (χ0) is 18.8. The van der Waals surface area contributed by atoms with Gasteiger partial charge in [0.05, 0.1) is 11.7 Å². The molecule has 0 saturated carbocycles. The molecule has 1 unspecified atom stereocenters. The van der Waals surface area contributed by atoms with E-state index in [4.69, 9.17) is 0 Å². The number of benzene rings is 1. The predicted octanol–water partition coefficient (Wildman–Crippen LogP) is 4.16. The molecular formula is C21H23N5O. The van der Waals surface area contributed by atoms with E-state index in [9.17, 15) is 4.79 Å². The minimum absolute atomic E-state index is 0.0192. The third kappa shape index (κ3) is 3.43. The largest absolute Gasteiger partial charge is 0.336 e. The second-order valence-electron chi connectivity index (χ2n) is 6.92. The summed E-state index contributed by atoms with van der Waals surface area (Å²) in [4.78, 5) is 23.7. The Morgan fingerprint density at radius 2 is 2.07 bits per heavy atom. The Hall–Kier alpha value is -3.15. The van der Waals surface area contributed by atoms with Gasteiger partial charge < -0.3 is 14.8 Å². The van der Waals surface area contributed by atoms with Gasteiger partial charge >= 0.3 is 6.03 Å². The van der Waals surface area contributed by atoms with E-state index in [1.807, 2.05) is 66.0 Å². The van der Waals surface area contributed by atoms with E-state index in [-0.39, 0.29) is 12.1 Å². The van der Waals surface area contributed by atoms with Crippen LogP contribution in [0.15, 0.2) is 55.0 Å².